The molecule has 2 aliphatic rings. The van der Waals surface area contributed by atoms with E-state index in [4.69, 9.17) is 0 Å². The first-order chi connectivity index (χ1) is 11.5. The number of aryl methyl sites for hydroxylation is 1. The summed E-state index contributed by atoms with van der Waals surface area (Å²) in [5.41, 5.74) is 2.10. The number of carbonyl (C=O) groups excluding carboxylic acids is 1. The van der Waals surface area contributed by atoms with Crippen LogP contribution in [0.5, 0.6) is 0 Å². The van der Waals surface area contributed by atoms with Crippen molar-refractivity contribution in [2.24, 2.45) is 0 Å². The molecule has 126 valence electrons. The van der Waals surface area contributed by atoms with Crippen LogP contribution in [0, 0.1) is 0 Å². The monoisotopic (exact) mass is 346 g/mol. The standard InChI is InChI=1S/C16H18N4O3S/c21-15-7-5-11-4-6-12(10-14(11)18-15)19-24(22,23)16-8-9-17-20(16)13-2-1-3-13/h4,6,8-10,13,19H,1-3,5,7H2,(H,18,21). The lowest BCUT2D eigenvalue weighted by atomic mass is 9.93. The van der Waals surface area contributed by atoms with Crippen molar-refractivity contribution in [3.8, 4) is 0 Å². The molecule has 1 fully saturated rings. The van der Waals surface area contributed by atoms with Crippen LogP contribution < -0.4 is 10.0 Å². The van der Waals surface area contributed by atoms with Crippen LogP contribution in [0.15, 0.2) is 35.5 Å². The highest BCUT2D eigenvalue weighted by Gasteiger charge is 2.28. The minimum absolute atomic E-state index is 0.0504. The van der Waals surface area contributed by atoms with Crippen molar-refractivity contribution >= 4 is 27.3 Å². The van der Waals surface area contributed by atoms with Crippen molar-refractivity contribution < 1.29 is 13.2 Å². The lowest BCUT2D eigenvalue weighted by molar-refractivity contribution is -0.116. The molecule has 1 aromatic carbocycles. The van der Waals surface area contributed by atoms with E-state index in [9.17, 15) is 13.2 Å². The number of hydrogen-bond donors (Lipinski definition) is 2. The third kappa shape index (κ3) is 2.66. The molecule has 2 aromatic rings. The first-order valence-electron chi connectivity index (χ1n) is 8.02. The Morgan fingerprint density at radius 2 is 2.04 bits per heavy atom. The van der Waals surface area contributed by atoms with Gasteiger partial charge in [-0.15, -0.1) is 0 Å². The molecule has 0 radical (unpaired) electrons. The zero-order valence-electron chi connectivity index (χ0n) is 13.0. The molecule has 2 N–H and O–H groups in total. The van der Waals surface area contributed by atoms with E-state index in [1.165, 1.54) is 12.3 Å². The molecule has 2 heterocycles. The molecular formula is C16H18N4O3S. The van der Waals surface area contributed by atoms with E-state index in [0.717, 1.165) is 24.8 Å². The molecule has 0 saturated heterocycles. The molecule has 0 bridgehead atoms. The number of rotatable bonds is 4. The lowest BCUT2D eigenvalue weighted by Crippen LogP contribution is -2.25. The number of nitrogens with zero attached hydrogens (tertiary/aromatic N) is 2. The lowest BCUT2D eigenvalue weighted by Gasteiger charge is -2.27. The van der Waals surface area contributed by atoms with E-state index in [1.807, 2.05) is 6.07 Å². The van der Waals surface area contributed by atoms with Crippen LogP contribution in [0.1, 0.15) is 37.3 Å². The van der Waals surface area contributed by atoms with Gasteiger partial charge in [0.15, 0.2) is 5.03 Å². The van der Waals surface area contributed by atoms with Crippen molar-refractivity contribution in [2.75, 3.05) is 10.0 Å². The van der Waals surface area contributed by atoms with Gasteiger partial charge in [0, 0.05) is 12.1 Å². The number of anilines is 2. The largest absolute Gasteiger partial charge is 0.326 e. The van der Waals surface area contributed by atoms with Gasteiger partial charge in [-0.1, -0.05) is 6.07 Å². The normalized spacial score (nSPS) is 17.8. The molecule has 1 aromatic heterocycles. The second kappa shape index (κ2) is 5.62. The topological polar surface area (TPSA) is 93.1 Å². The average Bonchev–Trinajstić information content (AvgIpc) is 2.94. The van der Waals surface area contributed by atoms with Crippen molar-refractivity contribution in [3.63, 3.8) is 0 Å². The van der Waals surface area contributed by atoms with Crippen molar-refractivity contribution in [1.82, 2.24) is 9.78 Å². The summed E-state index contributed by atoms with van der Waals surface area (Å²) < 4.78 is 29.6. The number of hydrogen-bond acceptors (Lipinski definition) is 4. The van der Waals surface area contributed by atoms with Crippen LogP contribution in [0.25, 0.3) is 0 Å². The van der Waals surface area contributed by atoms with E-state index in [0.29, 0.717) is 24.2 Å². The third-order valence-electron chi connectivity index (χ3n) is 4.59. The summed E-state index contributed by atoms with van der Waals surface area (Å²) >= 11 is 0. The third-order valence-corrected chi connectivity index (χ3v) is 5.97. The zero-order chi connectivity index (χ0) is 16.7. The van der Waals surface area contributed by atoms with Gasteiger partial charge < -0.3 is 5.32 Å². The Kier molecular flexibility index (Phi) is 3.56. The van der Waals surface area contributed by atoms with Gasteiger partial charge in [-0.25, -0.2) is 4.68 Å². The Bertz CT molecular complexity index is 900. The van der Waals surface area contributed by atoms with Gasteiger partial charge in [-0.3, -0.25) is 9.52 Å². The van der Waals surface area contributed by atoms with E-state index in [-0.39, 0.29) is 17.0 Å². The van der Waals surface area contributed by atoms with Gasteiger partial charge in [0.25, 0.3) is 10.0 Å². The van der Waals surface area contributed by atoms with Gasteiger partial charge in [0.1, 0.15) is 0 Å². The Morgan fingerprint density at radius 1 is 1.21 bits per heavy atom. The van der Waals surface area contributed by atoms with Crippen molar-refractivity contribution in [2.45, 2.75) is 43.2 Å². The number of sulfonamides is 1. The Labute approximate surface area is 140 Å². The molecule has 1 aliphatic carbocycles. The highest BCUT2D eigenvalue weighted by molar-refractivity contribution is 7.92. The summed E-state index contributed by atoms with van der Waals surface area (Å²) in [4.78, 5) is 11.5. The predicted molar refractivity (Wildman–Crippen MR) is 89.3 cm³/mol. The molecule has 4 rings (SSSR count). The fourth-order valence-electron chi connectivity index (χ4n) is 3.06. The summed E-state index contributed by atoms with van der Waals surface area (Å²) in [5, 5.41) is 7.12. The van der Waals surface area contributed by atoms with Gasteiger partial charge in [-0.2, -0.15) is 13.5 Å². The van der Waals surface area contributed by atoms with Crippen LogP contribution in [0.3, 0.4) is 0 Å². The fourth-order valence-corrected chi connectivity index (χ4v) is 4.29. The molecule has 8 heteroatoms. The average molecular weight is 346 g/mol. The summed E-state index contributed by atoms with van der Waals surface area (Å²) in [7, 11) is -3.72. The number of amides is 1. The maximum Gasteiger partial charge on any atom is 0.279 e. The number of nitrogens with one attached hydrogen (secondary N) is 2. The van der Waals surface area contributed by atoms with Gasteiger partial charge in [-0.05, 0) is 49.4 Å². The molecule has 0 spiro atoms. The molecule has 0 atom stereocenters. The van der Waals surface area contributed by atoms with E-state index in [2.05, 4.69) is 15.1 Å². The minimum atomic E-state index is -3.72. The van der Waals surface area contributed by atoms with Crippen LogP contribution in [0.4, 0.5) is 11.4 Å². The molecule has 1 aliphatic heterocycles. The second-order valence-electron chi connectivity index (χ2n) is 6.22. The summed E-state index contributed by atoms with van der Waals surface area (Å²) in [5.74, 6) is -0.0504. The smallest absolute Gasteiger partial charge is 0.279 e. The molecule has 7 nitrogen and oxygen atoms in total. The summed E-state index contributed by atoms with van der Waals surface area (Å²) in [6.45, 7) is 0. The highest BCUT2D eigenvalue weighted by Crippen LogP contribution is 2.33. The molecule has 1 amide bonds. The minimum Gasteiger partial charge on any atom is -0.326 e. The second-order valence-corrected chi connectivity index (χ2v) is 7.85. The van der Waals surface area contributed by atoms with E-state index in [1.54, 1.807) is 16.8 Å². The summed E-state index contributed by atoms with van der Waals surface area (Å²) in [6, 6.07) is 6.90. The van der Waals surface area contributed by atoms with E-state index < -0.39 is 10.0 Å². The van der Waals surface area contributed by atoms with Gasteiger partial charge in [0.05, 0.1) is 17.9 Å². The number of carbonyl (C=O) groups is 1. The van der Waals surface area contributed by atoms with Crippen LogP contribution >= 0.6 is 0 Å². The van der Waals surface area contributed by atoms with Crippen LogP contribution in [0.2, 0.25) is 0 Å². The van der Waals surface area contributed by atoms with Crippen molar-refractivity contribution in [1.29, 1.82) is 0 Å². The molecule has 0 unspecified atom stereocenters. The first-order valence-corrected chi connectivity index (χ1v) is 9.50. The first kappa shape index (κ1) is 15.2. The van der Waals surface area contributed by atoms with E-state index >= 15 is 0 Å². The number of benzene rings is 1. The quantitative estimate of drug-likeness (QED) is 0.888. The van der Waals surface area contributed by atoms with Crippen molar-refractivity contribution in [3.05, 3.63) is 36.0 Å². The summed E-state index contributed by atoms with van der Waals surface area (Å²) in [6.07, 6.45) is 5.65. The molecule has 1 saturated carbocycles. The molecule has 24 heavy (non-hydrogen) atoms. The Morgan fingerprint density at radius 3 is 2.79 bits per heavy atom. The fraction of sp³-hybridized carbons (Fsp3) is 0.375. The highest BCUT2D eigenvalue weighted by atomic mass is 32.2. The number of aromatic nitrogens is 2. The SMILES string of the molecule is O=C1CCc2ccc(NS(=O)(=O)c3ccnn3C3CCC3)cc2N1. The molecular weight excluding hydrogens is 328 g/mol. The van der Waals surface area contributed by atoms with Gasteiger partial charge >= 0.3 is 0 Å². The van der Waals surface area contributed by atoms with Gasteiger partial charge in [0.2, 0.25) is 5.91 Å². The maximum absolute atomic E-state index is 12.7. The van der Waals surface area contributed by atoms with Crippen LogP contribution in [-0.4, -0.2) is 24.1 Å². The van der Waals surface area contributed by atoms with Crippen LogP contribution in [-0.2, 0) is 21.2 Å². The Hall–Kier alpha value is -2.35. The predicted octanol–water partition coefficient (Wildman–Crippen LogP) is 2.29. The zero-order valence-corrected chi connectivity index (χ0v) is 13.8. The number of fused-ring (bicyclic) bond motifs is 1. The Balaban J connectivity index is 1.61. The maximum atomic E-state index is 12.7.